The number of rotatable bonds is 3. The Morgan fingerprint density at radius 3 is 2.33 bits per heavy atom. The number of hydrogen-bond donors (Lipinski definition) is 0. The van der Waals surface area contributed by atoms with E-state index in [4.69, 9.17) is 11.6 Å². The van der Waals surface area contributed by atoms with Gasteiger partial charge >= 0.3 is 0 Å². The van der Waals surface area contributed by atoms with Crippen molar-refractivity contribution in [3.8, 4) is 0 Å². The normalized spacial score (nSPS) is 30.5. The quantitative estimate of drug-likeness (QED) is 0.585. The second-order valence-electron chi connectivity index (χ2n) is 4.83. The second kappa shape index (κ2) is 3.21. The lowest BCUT2D eigenvalue weighted by Crippen LogP contribution is -2.16. The molecule has 0 aliphatic heterocycles. The van der Waals surface area contributed by atoms with Crippen LogP contribution in [-0.4, -0.2) is 5.38 Å². The minimum atomic E-state index is 0.415. The van der Waals surface area contributed by atoms with Crippen LogP contribution in [0.4, 0.5) is 0 Å². The Morgan fingerprint density at radius 2 is 1.92 bits per heavy atom. The molecular weight excluding hydrogens is 168 g/mol. The zero-order valence-electron chi connectivity index (χ0n) is 7.98. The average Bonchev–Trinajstić information content (AvgIpc) is 2.60. The van der Waals surface area contributed by atoms with Crippen molar-refractivity contribution in [2.45, 2.75) is 57.2 Å². The van der Waals surface area contributed by atoms with Crippen molar-refractivity contribution in [2.75, 3.05) is 0 Å². The Hall–Kier alpha value is 0.290. The van der Waals surface area contributed by atoms with Crippen LogP contribution in [0.15, 0.2) is 0 Å². The van der Waals surface area contributed by atoms with Gasteiger partial charge in [-0.2, -0.15) is 0 Å². The molecule has 0 aromatic carbocycles. The third-order valence-electron chi connectivity index (χ3n) is 3.91. The number of hydrogen-bond acceptors (Lipinski definition) is 0. The van der Waals surface area contributed by atoms with Gasteiger partial charge in [0.05, 0.1) is 0 Å². The smallest absolute Gasteiger partial charge is 0.0364 e. The number of alkyl halides is 1. The zero-order valence-corrected chi connectivity index (χ0v) is 8.74. The standard InChI is InChI=1S/C11H19Cl/c1-9(12)11(6-7-11)8-10-4-2-3-5-10/h9-10H,2-8H2,1H3. The van der Waals surface area contributed by atoms with E-state index in [1.807, 2.05) is 0 Å². The largest absolute Gasteiger partial charge is 0.123 e. The van der Waals surface area contributed by atoms with Gasteiger partial charge in [0, 0.05) is 5.38 Å². The lowest BCUT2D eigenvalue weighted by Gasteiger charge is -2.21. The van der Waals surface area contributed by atoms with Crippen LogP contribution in [0.5, 0.6) is 0 Å². The van der Waals surface area contributed by atoms with Gasteiger partial charge in [0.2, 0.25) is 0 Å². The van der Waals surface area contributed by atoms with Crippen molar-refractivity contribution in [2.24, 2.45) is 11.3 Å². The van der Waals surface area contributed by atoms with Gasteiger partial charge in [0.1, 0.15) is 0 Å². The molecule has 0 aromatic heterocycles. The summed E-state index contributed by atoms with van der Waals surface area (Å²) >= 11 is 6.21. The maximum absolute atomic E-state index is 6.21. The molecule has 2 saturated carbocycles. The van der Waals surface area contributed by atoms with E-state index in [0.717, 1.165) is 5.92 Å². The van der Waals surface area contributed by atoms with E-state index >= 15 is 0 Å². The average molecular weight is 187 g/mol. The van der Waals surface area contributed by atoms with Crippen LogP contribution in [0.25, 0.3) is 0 Å². The molecule has 12 heavy (non-hydrogen) atoms. The van der Waals surface area contributed by atoms with Crippen molar-refractivity contribution >= 4 is 11.6 Å². The predicted molar refractivity (Wildman–Crippen MR) is 53.6 cm³/mol. The Kier molecular flexibility index (Phi) is 2.37. The molecule has 0 bridgehead atoms. The topological polar surface area (TPSA) is 0 Å². The van der Waals surface area contributed by atoms with Crippen LogP contribution >= 0.6 is 11.6 Å². The first-order valence-electron chi connectivity index (χ1n) is 5.37. The SMILES string of the molecule is CC(Cl)C1(CC2CCCC2)CC1. The maximum atomic E-state index is 6.21. The molecule has 0 nitrogen and oxygen atoms in total. The maximum Gasteiger partial charge on any atom is 0.0364 e. The summed E-state index contributed by atoms with van der Waals surface area (Å²) in [7, 11) is 0. The van der Waals surface area contributed by atoms with Gasteiger partial charge in [-0.3, -0.25) is 0 Å². The minimum absolute atomic E-state index is 0.415. The van der Waals surface area contributed by atoms with Crippen molar-refractivity contribution in [1.82, 2.24) is 0 Å². The predicted octanol–water partition coefficient (Wildman–Crippen LogP) is 3.97. The van der Waals surface area contributed by atoms with Crippen LogP contribution in [0, 0.1) is 11.3 Å². The zero-order chi connectivity index (χ0) is 8.60. The van der Waals surface area contributed by atoms with Crippen LogP contribution in [0.2, 0.25) is 0 Å². The van der Waals surface area contributed by atoms with Gasteiger partial charge in [-0.15, -0.1) is 11.6 Å². The fraction of sp³-hybridized carbons (Fsp3) is 1.00. The molecule has 0 aromatic rings. The van der Waals surface area contributed by atoms with Crippen LogP contribution in [0.1, 0.15) is 51.9 Å². The Bertz CT molecular complexity index is 152. The lowest BCUT2D eigenvalue weighted by molar-refractivity contribution is 0.351. The Balaban J connectivity index is 1.85. The molecule has 70 valence electrons. The minimum Gasteiger partial charge on any atom is -0.123 e. The molecule has 0 heterocycles. The molecule has 2 fully saturated rings. The van der Waals surface area contributed by atoms with Crippen molar-refractivity contribution in [3.63, 3.8) is 0 Å². The van der Waals surface area contributed by atoms with E-state index < -0.39 is 0 Å². The summed E-state index contributed by atoms with van der Waals surface area (Å²) in [5, 5.41) is 0.415. The monoisotopic (exact) mass is 186 g/mol. The summed E-state index contributed by atoms with van der Waals surface area (Å²) < 4.78 is 0. The van der Waals surface area contributed by atoms with Crippen molar-refractivity contribution in [1.29, 1.82) is 0 Å². The van der Waals surface area contributed by atoms with Crippen LogP contribution in [0.3, 0.4) is 0 Å². The van der Waals surface area contributed by atoms with Crippen molar-refractivity contribution < 1.29 is 0 Å². The fourth-order valence-electron chi connectivity index (χ4n) is 2.71. The van der Waals surface area contributed by atoms with E-state index in [-0.39, 0.29) is 0 Å². The highest BCUT2D eigenvalue weighted by Crippen LogP contribution is 2.56. The lowest BCUT2D eigenvalue weighted by atomic mass is 9.88. The summed E-state index contributed by atoms with van der Waals surface area (Å²) in [6.45, 7) is 2.18. The molecule has 0 radical (unpaired) electrons. The molecule has 1 atom stereocenters. The van der Waals surface area contributed by atoms with E-state index in [9.17, 15) is 0 Å². The first-order chi connectivity index (χ1) is 5.73. The van der Waals surface area contributed by atoms with Gasteiger partial charge in [-0.25, -0.2) is 0 Å². The fourth-order valence-corrected chi connectivity index (χ4v) is 3.02. The summed E-state index contributed by atoms with van der Waals surface area (Å²) in [5.74, 6) is 1.02. The molecule has 0 N–H and O–H groups in total. The first kappa shape index (κ1) is 8.87. The number of halogens is 1. The molecular formula is C11H19Cl. The molecule has 2 aliphatic carbocycles. The molecule has 1 unspecified atom stereocenters. The van der Waals surface area contributed by atoms with E-state index in [1.54, 1.807) is 0 Å². The molecule has 0 spiro atoms. The van der Waals surface area contributed by atoms with Crippen LogP contribution in [-0.2, 0) is 0 Å². The van der Waals surface area contributed by atoms with Crippen molar-refractivity contribution in [3.05, 3.63) is 0 Å². The third-order valence-corrected chi connectivity index (χ3v) is 4.37. The summed E-state index contributed by atoms with van der Waals surface area (Å²) in [5.41, 5.74) is 0.580. The highest BCUT2D eigenvalue weighted by Gasteiger charge is 2.47. The molecule has 1 heteroatoms. The van der Waals surface area contributed by atoms with Gasteiger partial charge in [-0.1, -0.05) is 25.7 Å². The molecule has 0 amide bonds. The Labute approximate surface area is 80.7 Å². The summed E-state index contributed by atoms with van der Waals surface area (Å²) in [6, 6.07) is 0. The van der Waals surface area contributed by atoms with Gasteiger partial charge < -0.3 is 0 Å². The first-order valence-corrected chi connectivity index (χ1v) is 5.81. The molecule has 0 saturated heterocycles. The third kappa shape index (κ3) is 1.64. The summed E-state index contributed by atoms with van der Waals surface area (Å²) in [4.78, 5) is 0. The molecule has 2 aliphatic rings. The molecule has 2 rings (SSSR count). The Morgan fingerprint density at radius 1 is 1.33 bits per heavy atom. The van der Waals surface area contributed by atoms with Gasteiger partial charge in [-0.05, 0) is 37.5 Å². The highest BCUT2D eigenvalue weighted by molar-refractivity contribution is 6.21. The summed E-state index contributed by atoms with van der Waals surface area (Å²) in [6.07, 6.45) is 10.1. The van der Waals surface area contributed by atoms with Crippen LogP contribution < -0.4 is 0 Å². The van der Waals surface area contributed by atoms with E-state index in [0.29, 0.717) is 10.8 Å². The van der Waals surface area contributed by atoms with Gasteiger partial charge in [0.15, 0.2) is 0 Å². The van der Waals surface area contributed by atoms with Gasteiger partial charge in [0.25, 0.3) is 0 Å². The van der Waals surface area contributed by atoms with E-state index in [1.165, 1.54) is 44.9 Å². The van der Waals surface area contributed by atoms with E-state index in [2.05, 4.69) is 6.92 Å². The second-order valence-corrected chi connectivity index (χ2v) is 5.49. The highest BCUT2D eigenvalue weighted by atomic mass is 35.5.